The molecule has 0 spiro atoms. The fraction of sp³-hybridized carbons (Fsp3) is 0.143. The van der Waals surface area contributed by atoms with Crippen molar-refractivity contribution in [3.05, 3.63) is 68.7 Å². The molecular formula is C14H11Br2Cl. The summed E-state index contributed by atoms with van der Waals surface area (Å²) in [6, 6.07) is 14.3. The van der Waals surface area contributed by atoms with Crippen molar-refractivity contribution in [3.8, 4) is 0 Å². The van der Waals surface area contributed by atoms with E-state index in [1.165, 1.54) is 16.7 Å². The van der Waals surface area contributed by atoms with Gasteiger partial charge in [-0.05, 0) is 41.8 Å². The van der Waals surface area contributed by atoms with Gasteiger partial charge in [0.1, 0.15) is 0 Å². The van der Waals surface area contributed by atoms with E-state index >= 15 is 0 Å². The van der Waals surface area contributed by atoms with Gasteiger partial charge < -0.3 is 0 Å². The molecule has 0 heterocycles. The maximum absolute atomic E-state index is 5.89. The van der Waals surface area contributed by atoms with Crippen LogP contribution in [0.3, 0.4) is 0 Å². The number of rotatable bonds is 2. The van der Waals surface area contributed by atoms with E-state index in [-0.39, 0.29) is 4.83 Å². The molecule has 0 saturated carbocycles. The number of hydrogen-bond acceptors (Lipinski definition) is 0. The molecule has 0 aromatic heterocycles. The Kier molecular flexibility index (Phi) is 4.29. The van der Waals surface area contributed by atoms with E-state index in [0.29, 0.717) is 0 Å². The molecule has 0 amide bonds. The molecule has 0 aliphatic rings. The third-order valence-corrected chi connectivity index (χ3v) is 4.55. The first kappa shape index (κ1) is 13.1. The topological polar surface area (TPSA) is 0 Å². The van der Waals surface area contributed by atoms with Gasteiger partial charge in [-0.25, -0.2) is 0 Å². The zero-order chi connectivity index (χ0) is 12.4. The van der Waals surface area contributed by atoms with Crippen LogP contribution in [0.1, 0.15) is 21.5 Å². The minimum Gasteiger partial charge on any atom is -0.0843 e. The molecular weight excluding hydrogens is 363 g/mol. The van der Waals surface area contributed by atoms with Crippen molar-refractivity contribution in [1.82, 2.24) is 0 Å². The van der Waals surface area contributed by atoms with Crippen molar-refractivity contribution >= 4 is 43.5 Å². The van der Waals surface area contributed by atoms with Crippen LogP contribution in [0.5, 0.6) is 0 Å². The molecule has 0 aliphatic carbocycles. The second-order valence-electron chi connectivity index (χ2n) is 3.94. The quantitative estimate of drug-likeness (QED) is 0.575. The summed E-state index contributed by atoms with van der Waals surface area (Å²) < 4.78 is 1.12. The second kappa shape index (κ2) is 5.55. The minimum absolute atomic E-state index is 0.176. The third-order valence-electron chi connectivity index (χ3n) is 2.59. The Morgan fingerprint density at radius 3 is 2.29 bits per heavy atom. The Labute approximate surface area is 123 Å². The predicted molar refractivity (Wildman–Crippen MR) is 81.1 cm³/mol. The number of halogens is 3. The van der Waals surface area contributed by atoms with Crippen molar-refractivity contribution in [3.63, 3.8) is 0 Å². The van der Waals surface area contributed by atoms with Crippen molar-refractivity contribution < 1.29 is 0 Å². The molecule has 2 aromatic carbocycles. The van der Waals surface area contributed by atoms with E-state index < -0.39 is 0 Å². The lowest BCUT2D eigenvalue weighted by Crippen LogP contribution is -1.94. The largest absolute Gasteiger partial charge is 0.0843 e. The van der Waals surface area contributed by atoms with Crippen LogP contribution >= 0.6 is 43.5 Å². The Balaban J connectivity index is 2.36. The summed E-state index contributed by atoms with van der Waals surface area (Å²) >= 11 is 13.2. The Morgan fingerprint density at radius 1 is 1.06 bits per heavy atom. The van der Waals surface area contributed by atoms with Crippen molar-refractivity contribution in [1.29, 1.82) is 0 Å². The lowest BCUT2D eigenvalue weighted by atomic mass is 10.0. The monoisotopic (exact) mass is 372 g/mol. The van der Waals surface area contributed by atoms with E-state index in [4.69, 9.17) is 11.6 Å². The van der Waals surface area contributed by atoms with Gasteiger partial charge in [0.2, 0.25) is 0 Å². The number of aryl methyl sites for hydroxylation is 1. The Morgan fingerprint density at radius 2 is 1.71 bits per heavy atom. The van der Waals surface area contributed by atoms with Gasteiger partial charge in [0.15, 0.2) is 0 Å². The molecule has 0 bridgehead atoms. The molecule has 17 heavy (non-hydrogen) atoms. The zero-order valence-corrected chi connectivity index (χ0v) is 13.2. The molecule has 1 unspecified atom stereocenters. The molecule has 3 heteroatoms. The number of benzene rings is 2. The van der Waals surface area contributed by atoms with E-state index in [9.17, 15) is 0 Å². The van der Waals surface area contributed by atoms with Gasteiger partial charge in [-0.15, -0.1) is 0 Å². The van der Waals surface area contributed by atoms with Crippen molar-refractivity contribution in [2.75, 3.05) is 0 Å². The zero-order valence-electron chi connectivity index (χ0n) is 9.25. The predicted octanol–water partition coefficient (Wildman–Crippen LogP) is 5.90. The fourth-order valence-electron chi connectivity index (χ4n) is 1.65. The van der Waals surface area contributed by atoms with Gasteiger partial charge in [-0.1, -0.05) is 67.7 Å². The SMILES string of the molecule is Cc1ccc(C(Br)c2ccc(Cl)cc2)c(Br)c1. The Hall–Kier alpha value is -0.310. The van der Waals surface area contributed by atoms with Crippen LogP contribution < -0.4 is 0 Å². The Bertz CT molecular complexity index is 520. The highest BCUT2D eigenvalue weighted by Crippen LogP contribution is 2.36. The van der Waals surface area contributed by atoms with Crippen LogP contribution in [0.4, 0.5) is 0 Å². The van der Waals surface area contributed by atoms with Gasteiger partial charge in [-0.2, -0.15) is 0 Å². The fourth-order valence-corrected chi connectivity index (χ4v) is 3.51. The summed E-state index contributed by atoms with van der Waals surface area (Å²) in [5.41, 5.74) is 3.66. The van der Waals surface area contributed by atoms with Gasteiger partial charge >= 0.3 is 0 Å². The average Bonchev–Trinajstić information content (AvgIpc) is 2.29. The standard InChI is InChI=1S/C14H11Br2Cl/c1-9-2-7-12(13(15)8-9)14(16)10-3-5-11(17)6-4-10/h2-8,14H,1H3. The van der Waals surface area contributed by atoms with Crippen molar-refractivity contribution in [2.24, 2.45) is 0 Å². The molecule has 0 aliphatic heterocycles. The number of alkyl halides is 1. The highest BCUT2D eigenvalue weighted by Gasteiger charge is 2.13. The highest BCUT2D eigenvalue weighted by molar-refractivity contribution is 9.11. The van der Waals surface area contributed by atoms with E-state index in [1.54, 1.807) is 0 Å². The van der Waals surface area contributed by atoms with Gasteiger partial charge in [0, 0.05) is 9.50 Å². The highest BCUT2D eigenvalue weighted by atomic mass is 79.9. The van der Waals surface area contributed by atoms with Crippen LogP contribution in [-0.2, 0) is 0 Å². The molecule has 88 valence electrons. The molecule has 0 N–H and O–H groups in total. The summed E-state index contributed by atoms with van der Waals surface area (Å²) in [4.78, 5) is 0.176. The van der Waals surface area contributed by atoms with E-state index in [1.807, 2.05) is 24.3 Å². The summed E-state index contributed by atoms with van der Waals surface area (Å²) in [6.07, 6.45) is 0. The van der Waals surface area contributed by atoms with Gasteiger partial charge in [-0.3, -0.25) is 0 Å². The molecule has 2 rings (SSSR count). The lowest BCUT2D eigenvalue weighted by Gasteiger charge is -2.13. The third kappa shape index (κ3) is 3.12. The summed E-state index contributed by atoms with van der Waals surface area (Å²) in [7, 11) is 0. The maximum Gasteiger partial charge on any atom is 0.0655 e. The van der Waals surface area contributed by atoms with Crippen LogP contribution in [0, 0.1) is 6.92 Å². The average molecular weight is 375 g/mol. The first-order valence-electron chi connectivity index (χ1n) is 5.23. The lowest BCUT2D eigenvalue weighted by molar-refractivity contribution is 1.16. The van der Waals surface area contributed by atoms with Gasteiger partial charge in [0.25, 0.3) is 0 Å². The second-order valence-corrected chi connectivity index (χ2v) is 6.15. The molecule has 2 aromatic rings. The van der Waals surface area contributed by atoms with Gasteiger partial charge in [0.05, 0.1) is 4.83 Å². The smallest absolute Gasteiger partial charge is 0.0655 e. The van der Waals surface area contributed by atoms with E-state index in [0.717, 1.165) is 9.50 Å². The summed E-state index contributed by atoms with van der Waals surface area (Å²) in [5, 5.41) is 0.761. The van der Waals surface area contributed by atoms with Crippen LogP contribution in [-0.4, -0.2) is 0 Å². The van der Waals surface area contributed by atoms with E-state index in [2.05, 4.69) is 57.0 Å². The first-order valence-corrected chi connectivity index (χ1v) is 7.32. The molecule has 1 atom stereocenters. The van der Waals surface area contributed by atoms with Crippen LogP contribution in [0.15, 0.2) is 46.9 Å². The maximum atomic E-state index is 5.89. The molecule has 0 saturated heterocycles. The summed E-state index contributed by atoms with van der Waals surface area (Å²) in [5.74, 6) is 0. The molecule has 0 radical (unpaired) electrons. The molecule has 0 fully saturated rings. The molecule has 0 nitrogen and oxygen atoms in total. The van der Waals surface area contributed by atoms with Crippen LogP contribution in [0.25, 0.3) is 0 Å². The normalized spacial score (nSPS) is 12.5. The minimum atomic E-state index is 0.176. The van der Waals surface area contributed by atoms with Crippen LogP contribution in [0.2, 0.25) is 5.02 Å². The summed E-state index contributed by atoms with van der Waals surface area (Å²) in [6.45, 7) is 2.08. The van der Waals surface area contributed by atoms with Crippen molar-refractivity contribution in [2.45, 2.75) is 11.8 Å². The number of hydrogen-bond donors (Lipinski definition) is 0. The first-order chi connectivity index (χ1) is 8.08.